The standard InChI is InChI=1S/C22H25NO6/c1-5-23(17-9-7-6-8-10-17)20(24)15-29-21(25)12-11-16-13-18(26-2)22(28-4)19(14-16)27-3/h6-14H,5,15H2,1-4H3/b12-11+. The molecule has 0 radical (unpaired) electrons. The van der Waals surface area contributed by atoms with Gasteiger partial charge in [0.15, 0.2) is 18.1 Å². The summed E-state index contributed by atoms with van der Waals surface area (Å²) in [6.07, 6.45) is 2.79. The number of nitrogens with zero attached hydrogens (tertiary/aromatic N) is 1. The quantitative estimate of drug-likeness (QED) is 0.476. The van der Waals surface area contributed by atoms with Crippen molar-refractivity contribution in [2.75, 3.05) is 39.4 Å². The Labute approximate surface area is 170 Å². The molecule has 29 heavy (non-hydrogen) atoms. The number of amides is 1. The van der Waals surface area contributed by atoms with E-state index >= 15 is 0 Å². The Balaban J connectivity index is 2.02. The molecule has 0 spiro atoms. The molecular weight excluding hydrogens is 374 g/mol. The van der Waals surface area contributed by atoms with Crippen molar-refractivity contribution < 1.29 is 28.5 Å². The van der Waals surface area contributed by atoms with Gasteiger partial charge < -0.3 is 23.8 Å². The zero-order valence-electron chi connectivity index (χ0n) is 17.0. The molecule has 0 saturated carbocycles. The first-order valence-electron chi connectivity index (χ1n) is 9.04. The summed E-state index contributed by atoms with van der Waals surface area (Å²) in [6, 6.07) is 12.6. The van der Waals surface area contributed by atoms with Gasteiger partial charge in [-0.25, -0.2) is 4.79 Å². The third kappa shape index (κ3) is 5.75. The summed E-state index contributed by atoms with van der Waals surface area (Å²) < 4.78 is 20.9. The van der Waals surface area contributed by atoms with E-state index in [9.17, 15) is 9.59 Å². The maximum Gasteiger partial charge on any atom is 0.331 e. The van der Waals surface area contributed by atoms with Crippen molar-refractivity contribution >= 4 is 23.6 Å². The Bertz CT molecular complexity index is 838. The monoisotopic (exact) mass is 399 g/mol. The minimum atomic E-state index is -0.629. The van der Waals surface area contributed by atoms with Gasteiger partial charge in [-0.3, -0.25) is 4.79 Å². The van der Waals surface area contributed by atoms with E-state index in [2.05, 4.69) is 0 Å². The smallest absolute Gasteiger partial charge is 0.331 e. The molecule has 0 N–H and O–H groups in total. The lowest BCUT2D eigenvalue weighted by Crippen LogP contribution is -2.34. The number of hydrogen-bond donors (Lipinski definition) is 0. The summed E-state index contributed by atoms with van der Waals surface area (Å²) in [4.78, 5) is 26.0. The molecule has 2 rings (SSSR count). The van der Waals surface area contributed by atoms with Crippen molar-refractivity contribution in [2.24, 2.45) is 0 Å². The van der Waals surface area contributed by atoms with E-state index < -0.39 is 5.97 Å². The van der Waals surface area contributed by atoms with Crippen LogP contribution in [0.1, 0.15) is 12.5 Å². The molecule has 2 aromatic rings. The van der Waals surface area contributed by atoms with Crippen LogP contribution in [0.5, 0.6) is 17.2 Å². The van der Waals surface area contributed by atoms with Gasteiger partial charge in [0.05, 0.1) is 21.3 Å². The van der Waals surface area contributed by atoms with Gasteiger partial charge in [-0.05, 0) is 42.8 Å². The third-order valence-electron chi connectivity index (χ3n) is 4.12. The van der Waals surface area contributed by atoms with Crippen LogP contribution in [-0.4, -0.2) is 46.4 Å². The van der Waals surface area contributed by atoms with Gasteiger partial charge in [0.25, 0.3) is 5.91 Å². The van der Waals surface area contributed by atoms with E-state index in [0.717, 1.165) is 5.69 Å². The van der Waals surface area contributed by atoms with Gasteiger partial charge in [-0.15, -0.1) is 0 Å². The number of anilines is 1. The highest BCUT2D eigenvalue weighted by molar-refractivity contribution is 5.96. The van der Waals surface area contributed by atoms with Crippen LogP contribution >= 0.6 is 0 Å². The number of methoxy groups -OCH3 is 3. The van der Waals surface area contributed by atoms with Crippen LogP contribution < -0.4 is 19.1 Å². The summed E-state index contributed by atoms with van der Waals surface area (Å²) in [5.74, 6) is 0.471. The fourth-order valence-corrected chi connectivity index (χ4v) is 2.73. The number of rotatable bonds is 9. The number of carbonyl (C=O) groups is 2. The SMILES string of the molecule is CCN(C(=O)COC(=O)/C=C/c1cc(OC)c(OC)c(OC)c1)c1ccccc1. The Morgan fingerprint density at radius 2 is 1.59 bits per heavy atom. The Kier molecular flexibility index (Phi) is 8.09. The van der Waals surface area contributed by atoms with Crippen molar-refractivity contribution in [1.29, 1.82) is 0 Å². The molecule has 7 heteroatoms. The van der Waals surface area contributed by atoms with E-state index in [1.165, 1.54) is 27.4 Å². The van der Waals surface area contributed by atoms with Gasteiger partial charge in [0.2, 0.25) is 5.75 Å². The van der Waals surface area contributed by atoms with Crippen LogP contribution in [0, 0.1) is 0 Å². The molecule has 0 unspecified atom stereocenters. The lowest BCUT2D eigenvalue weighted by atomic mass is 10.1. The van der Waals surface area contributed by atoms with E-state index in [1.54, 1.807) is 23.1 Å². The third-order valence-corrected chi connectivity index (χ3v) is 4.12. The van der Waals surface area contributed by atoms with Crippen molar-refractivity contribution in [3.05, 3.63) is 54.1 Å². The molecule has 0 aliphatic heterocycles. The minimum absolute atomic E-state index is 0.298. The summed E-state index contributed by atoms with van der Waals surface area (Å²) in [6.45, 7) is 1.99. The van der Waals surface area contributed by atoms with Crippen molar-refractivity contribution in [3.63, 3.8) is 0 Å². The van der Waals surface area contributed by atoms with Crippen LogP contribution in [0.15, 0.2) is 48.5 Å². The second kappa shape index (κ2) is 10.8. The number of esters is 1. The Morgan fingerprint density at radius 3 is 2.10 bits per heavy atom. The van der Waals surface area contributed by atoms with E-state index in [4.69, 9.17) is 18.9 Å². The van der Waals surface area contributed by atoms with E-state index in [1.807, 2.05) is 37.3 Å². The highest BCUT2D eigenvalue weighted by Crippen LogP contribution is 2.38. The largest absolute Gasteiger partial charge is 0.493 e. The predicted molar refractivity (Wildman–Crippen MR) is 111 cm³/mol. The molecule has 0 heterocycles. The van der Waals surface area contributed by atoms with Gasteiger partial charge in [-0.1, -0.05) is 18.2 Å². The molecule has 0 atom stereocenters. The molecular formula is C22H25NO6. The second-order valence-corrected chi connectivity index (χ2v) is 5.87. The lowest BCUT2D eigenvalue weighted by Gasteiger charge is -2.20. The predicted octanol–water partition coefficient (Wildman–Crippen LogP) is 3.32. The molecule has 7 nitrogen and oxygen atoms in total. The molecule has 0 aliphatic rings. The fraction of sp³-hybridized carbons (Fsp3) is 0.273. The first-order valence-corrected chi connectivity index (χ1v) is 9.04. The normalized spacial score (nSPS) is 10.5. The van der Waals surface area contributed by atoms with E-state index in [0.29, 0.717) is 29.4 Å². The summed E-state index contributed by atoms with van der Waals surface area (Å²) in [5, 5.41) is 0. The number of ether oxygens (including phenoxy) is 4. The Morgan fingerprint density at radius 1 is 0.966 bits per heavy atom. The molecule has 1 amide bonds. The number of para-hydroxylation sites is 1. The second-order valence-electron chi connectivity index (χ2n) is 5.87. The van der Waals surface area contributed by atoms with Crippen LogP contribution in [-0.2, 0) is 14.3 Å². The van der Waals surface area contributed by atoms with Crippen molar-refractivity contribution in [3.8, 4) is 17.2 Å². The molecule has 0 bridgehead atoms. The zero-order chi connectivity index (χ0) is 21.2. The lowest BCUT2D eigenvalue weighted by molar-refractivity contribution is -0.142. The highest BCUT2D eigenvalue weighted by atomic mass is 16.5. The fourth-order valence-electron chi connectivity index (χ4n) is 2.73. The molecule has 0 saturated heterocycles. The van der Waals surface area contributed by atoms with Crippen molar-refractivity contribution in [2.45, 2.75) is 6.92 Å². The molecule has 0 fully saturated rings. The zero-order valence-corrected chi connectivity index (χ0v) is 17.0. The first kappa shape index (κ1) is 21.8. The minimum Gasteiger partial charge on any atom is -0.493 e. The number of carbonyl (C=O) groups excluding carboxylic acids is 2. The average molecular weight is 399 g/mol. The van der Waals surface area contributed by atoms with Crippen molar-refractivity contribution in [1.82, 2.24) is 0 Å². The highest BCUT2D eigenvalue weighted by Gasteiger charge is 2.15. The maximum atomic E-state index is 12.4. The molecule has 2 aromatic carbocycles. The van der Waals surface area contributed by atoms with Gasteiger partial charge in [0.1, 0.15) is 0 Å². The number of hydrogen-bond acceptors (Lipinski definition) is 6. The average Bonchev–Trinajstić information content (AvgIpc) is 2.76. The molecule has 154 valence electrons. The summed E-state index contributed by atoms with van der Waals surface area (Å²) >= 11 is 0. The van der Waals surface area contributed by atoms with Crippen LogP contribution in [0.25, 0.3) is 6.08 Å². The summed E-state index contributed by atoms with van der Waals surface area (Å²) in [5.41, 5.74) is 1.41. The summed E-state index contributed by atoms with van der Waals surface area (Å²) in [7, 11) is 4.53. The maximum absolute atomic E-state index is 12.4. The number of likely N-dealkylation sites (N-methyl/N-ethyl adjacent to an activating group) is 1. The topological polar surface area (TPSA) is 74.3 Å². The van der Waals surface area contributed by atoms with Gasteiger partial charge in [0, 0.05) is 18.3 Å². The molecule has 0 aliphatic carbocycles. The first-order chi connectivity index (χ1) is 14.0. The Hall–Kier alpha value is -3.48. The van der Waals surface area contributed by atoms with Crippen LogP contribution in [0.4, 0.5) is 5.69 Å². The van der Waals surface area contributed by atoms with Crippen LogP contribution in [0.2, 0.25) is 0 Å². The van der Waals surface area contributed by atoms with Crippen LogP contribution in [0.3, 0.4) is 0 Å². The van der Waals surface area contributed by atoms with Gasteiger partial charge >= 0.3 is 5.97 Å². The van der Waals surface area contributed by atoms with E-state index in [-0.39, 0.29) is 12.5 Å². The number of benzene rings is 2. The molecule has 0 aromatic heterocycles. The van der Waals surface area contributed by atoms with Gasteiger partial charge in [-0.2, -0.15) is 0 Å².